The lowest BCUT2D eigenvalue weighted by Gasteiger charge is -2.35. The van der Waals surface area contributed by atoms with Crippen molar-refractivity contribution >= 4 is 11.7 Å². The van der Waals surface area contributed by atoms with Gasteiger partial charge < -0.3 is 15.1 Å². The number of carbonyl (C=O) groups is 2. The van der Waals surface area contributed by atoms with Crippen LogP contribution in [-0.2, 0) is 6.42 Å². The van der Waals surface area contributed by atoms with Gasteiger partial charge in [-0.25, -0.2) is 0 Å². The normalized spacial score (nSPS) is 19.9. The number of aryl methyl sites for hydroxylation is 1. The van der Waals surface area contributed by atoms with Crippen molar-refractivity contribution < 1.29 is 27.2 Å². The van der Waals surface area contributed by atoms with E-state index in [1.165, 1.54) is 4.90 Å². The molecule has 1 saturated heterocycles. The smallest absolute Gasteiger partial charge is 0.405 e. The number of piperazine rings is 1. The Labute approximate surface area is 149 Å². The molecule has 1 atom stereocenters. The molecule has 9 heteroatoms. The van der Waals surface area contributed by atoms with Crippen LogP contribution in [0.2, 0.25) is 0 Å². The summed E-state index contributed by atoms with van der Waals surface area (Å²) in [5, 5.41) is 5.35. The van der Waals surface area contributed by atoms with Crippen LogP contribution in [0.3, 0.4) is 0 Å². The van der Waals surface area contributed by atoms with E-state index < -0.39 is 24.7 Å². The van der Waals surface area contributed by atoms with Crippen LogP contribution in [0.4, 0.5) is 13.2 Å². The Balaban J connectivity index is 1.72. The van der Waals surface area contributed by atoms with Gasteiger partial charge in [0, 0.05) is 51.1 Å². The maximum Gasteiger partial charge on any atom is 0.405 e. The van der Waals surface area contributed by atoms with Gasteiger partial charge in [-0.1, -0.05) is 0 Å². The highest BCUT2D eigenvalue weighted by molar-refractivity contribution is 6.03. The molecular formula is C17H22F3N3O3. The number of ketones is 1. The zero-order valence-electron chi connectivity index (χ0n) is 14.5. The Bertz CT molecular complexity index is 693. The summed E-state index contributed by atoms with van der Waals surface area (Å²) in [6, 6.07) is -1.75. The summed E-state index contributed by atoms with van der Waals surface area (Å²) in [5.74, 6) is -0.403. The molecule has 1 unspecified atom stereocenters. The molecule has 3 rings (SSSR count). The Morgan fingerprint density at radius 3 is 2.62 bits per heavy atom. The fourth-order valence-corrected chi connectivity index (χ4v) is 3.58. The van der Waals surface area contributed by atoms with E-state index in [0.29, 0.717) is 49.2 Å². The van der Waals surface area contributed by atoms with Gasteiger partial charge >= 0.3 is 6.18 Å². The highest BCUT2D eigenvalue weighted by atomic mass is 19.4. The molecule has 2 N–H and O–H groups in total. The van der Waals surface area contributed by atoms with Crippen molar-refractivity contribution in [3.63, 3.8) is 0 Å². The first-order valence-electron chi connectivity index (χ1n) is 8.74. The fraction of sp³-hybridized carbons (Fsp3) is 0.647. The summed E-state index contributed by atoms with van der Waals surface area (Å²) in [6.45, 7) is 2.53. The topological polar surface area (TPSA) is 74.6 Å². The molecule has 0 spiro atoms. The van der Waals surface area contributed by atoms with E-state index in [1.54, 1.807) is 6.92 Å². The molecule has 1 aliphatic heterocycles. The fourth-order valence-electron chi connectivity index (χ4n) is 3.58. The zero-order chi connectivity index (χ0) is 18.9. The number of nitrogens with zero attached hydrogens (tertiary/aromatic N) is 1. The average molecular weight is 373 g/mol. The second-order valence-electron chi connectivity index (χ2n) is 6.68. The van der Waals surface area contributed by atoms with E-state index >= 15 is 0 Å². The molecule has 2 aliphatic rings. The number of carbonyl (C=O) groups excluding carboxylic acids is 2. The van der Waals surface area contributed by atoms with Crippen LogP contribution < -0.4 is 10.6 Å². The summed E-state index contributed by atoms with van der Waals surface area (Å²) < 4.78 is 45.7. The van der Waals surface area contributed by atoms with Crippen molar-refractivity contribution in [3.8, 4) is 0 Å². The number of alkyl halides is 3. The van der Waals surface area contributed by atoms with Crippen molar-refractivity contribution in [1.82, 2.24) is 15.5 Å². The van der Waals surface area contributed by atoms with Crippen molar-refractivity contribution in [2.45, 2.75) is 38.4 Å². The van der Waals surface area contributed by atoms with Gasteiger partial charge in [0.2, 0.25) is 0 Å². The third-order valence-electron chi connectivity index (χ3n) is 4.94. The van der Waals surface area contributed by atoms with Crippen molar-refractivity contribution in [1.29, 1.82) is 0 Å². The Kier molecular flexibility index (Phi) is 5.38. The summed E-state index contributed by atoms with van der Waals surface area (Å²) >= 11 is 0. The highest BCUT2D eigenvalue weighted by Crippen LogP contribution is 2.29. The Hall–Kier alpha value is -1.87. The summed E-state index contributed by atoms with van der Waals surface area (Å²) in [6.07, 6.45) is -2.84. The first kappa shape index (κ1) is 18.9. The van der Waals surface area contributed by atoms with Crippen LogP contribution in [0.25, 0.3) is 0 Å². The Morgan fingerprint density at radius 1 is 1.31 bits per heavy atom. The third kappa shape index (κ3) is 3.78. The molecule has 1 amide bonds. The zero-order valence-corrected chi connectivity index (χ0v) is 14.5. The summed E-state index contributed by atoms with van der Waals surface area (Å²) in [7, 11) is 0. The van der Waals surface area contributed by atoms with Gasteiger partial charge in [0.05, 0.1) is 5.56 Å². The molecule has 0 bridgehead atoms. The molecule has 0 aromatic carbocycles. The maximum absolute atomic E-state index is 13.4. The van der Waals surface area contributed by atoms with Crippen LogP contribution in [0.15, 0.2) is 4.42 Å². The number of halogens is 3. The summed E-state index contributed by atoms with van der Waals surface area (Å²) in [5.41, 5.74) is 0.823. The predicted molar refractivity (Wildman–Crippen MR) is 87.3 cm³/mol. The molecule has 6 nitrogen and oxygen atoms in total. The molecule has 0 radical (unpaired) electrons. The molecule has 1 aliphatic carbocycles. The minimum Gasteiger partial charge on any atom is -0.455 e. The van der Waals surface area contributed by atoms with E-state index in [0.717, 1.165) is 0 Å². The quantitative estimate of drug-likeness (QED) is 0.840. The van der Waals surface area contributed by atoms with E-state index in [2.05, 4.69) is 10.6 Å². The average Bonchev–Trinajstić information content (AvgIpc) is 2.93. The maximum atomic E-state index is 13.4. The summed E-state index contributed by atoms with van der Waals surface area (Å²) in [4.78, 5) is 25.7. The van der Waals surface area contributed by atoms with E-state index in [-0.39, 0.29) is 24.6 Å². The second kappa shape index (κ2) is 7.40. The van der Waals surface area contributed by atoms with Crippen LogP contribution in [-0.4, -0.2) is 61.5 Å². The lowest BCUT2D eigenvalue weighted by molar-refractivity contribution is -0.183. The second-order valence-corrected chi connectivity index (χ2v) is 6.68. The largest absolute Gasteiger partial charge is 0.455 e. The predicted octanol–water partition coefficient (Wildman–Crippen LogP) is 1.67. The number of nitrogens with one attached hydrogen (secondary N) is 2. The SMILES string of the molecule is Cc1c(C(=O)NCC(N2CCNCC2)C(F)(F)F)oc2c1C(=O)CCC2. The lowest BCUT2D eigenvalue weighted by Crippen LogP contribution is -2.57. The molecular weight excluding hydrogens is 351 g/mol. The number of hydrogen-bond donors (Lipinski definition) is 2. The number of furan rings is 1. The van der Waals surface area contributed by atoms with Gasteiger partial charge in [-0.15, -0.1) is 0 Å². The molecule has 1 aromatic rings. The van der Waals surface area contributed by atoms with Gasteiger partial charge in [0.15, 0.2) is 11.5 Å². The number of hydrogen-bond acceptors (Lipinski definition) is 5. The molecule has 144 valence electrons. The monoisotopic (exact) mass is 373 g/mol. The van der Waals surface area contributed by atoms with Crippen molar-refractivity contribution in [3.05, 3.63) is 22.6 Å². The van der Waals surface area contributed by atoms with Crippen LogP contribution in [0.1, 0.15) is 45.1 Å². The molecule has 1 fully saturated rings. The first-order chi connectivity index (χ1) is 12.3. The number of amides is 1. The van der Waals surface area contributed by atoms with Gasteiger partial charge in [0.25, 0.3) is 5.91 Å². The number of rotatable bonds is 4. The van der Waals surface area contributed by atoms with E-state index in [9.17, 15) is 22.8 Å². The van der Waals surface area contributed by atoms with Gasteiger partial charge in [-0.05, 0) is 13.3 Å². The third-order valence-corrected chi connectivity index (χ3v) is 4.94. The Morgan fingerprint density at radius 2 is 2.00 bits per heavy atom. The minimum atomic E-state index is -4.45. The first-order valence-corrected chi connectivity index (χ1v) is 8.74. The number of fused-ring (bicyclic) bond motifs is 1. The molecule has 2 heterocycles. The van der Waals surface area contributed by atoms with E-state index in [4.69, 9.17) is 4.42 Å². The van der Waals surface area contributed by atoms with Crippen molar-refractivity contribution in [2.24, 2.45) is 0 Å². The van der Waals surface area contributed by atoms with Gasteiger partial charge in [0.1, 0.15) is 11.8 Å². The van der Waals surface area contributed by atoms with Gasteiger partial charge in [-0.2, -0.15) is 13.2 Å². The standard InChI is InChI=1S/C17H22F3N3O3/c1-10-14-11(24)3-2-4-12(14)26-15(10)16(25)22-9-13(17(18,19)20)23-7-5-21-6-8-23/h13,21H,2-9H2,1H3,(H,22,25). The van der Waals surface area contributed by atoms with Crippen molar-refractivity contribution in [2.75, 3.05) is 32.7 Å². The lowest BCUT2D eigenvalue weighted by atomic mass is 9.94. The molecule has 1 aromatic heterocycles. The van der Waals surface area contributed by atoms with Gasteiger partial charge in [-0.3, -0.25) is 14.5 Å². The number of Topliss-reactive ketones (excluding diaryl/α,β-unsaturated/α-hetero) is 1. The van der Waals surface area contributed by atoms with Crippen LogP contribution in [0, 0.1) is 6.92 Å². The minimum absolute atomic E-state index is 0.0634. The molecule has 26 heavy (non-hydrogen) atoms. The highest BCUT2D eigenvalue weighted by Gasteiger charge is 2.44. The van der Waals surface area contributed by atoms with Crippen LogP contribution in [0.5, 0.6) is 0 Å². The van der Waals surface area contributed by atoms with Crippen LogP contribution >= 0.6 is 0 Å². The molecule has 0 saturated carbocycles. The van der Waals surface area contributed by atoms with E-state index in [1.807, 2.05) is 0 Å².